The number of hydrogen-bond donors (Lipinski definition) is 2. The first kappa shape index (κ1) is 21.7. The Morgan fingerprint density at radius 1 is 1.23 bits per heavy atom. The van der Waals surface area contributed by atoms with E-state index in [9.17, 15) is 19.7 Å². The summed E-state index contributed by atoms with van der Waals surface area (Å²) in [6.07, 6.45) is 0.997. The van der Waals surface area contributed by atoms with Gasteiger partial charge in [0.25, 0.3) is 5.69 Å². The molecule has 1 fully saturated rings. The summed E-state index contributed by atoms with van der Waals surface area (Å²) in [6, 6.07) is 4.64. The van der Waals surface area contributed by atoms with E-state index in [1.807, 2.05) is 0 Å². The van der Waals surface area contributed by atoms with Gasteiger partial charge in [0.2, 0.25) is 0 Å². The van der Waals surface area contributed by atoms with Crippen LogP contribution in [0.1, 0.15) is 24.9 Å². The standard InChI is InChI=1S/C20H27N5O5/c1-3-30-19(26)17-16(13-24-10-4-9-23(2)11-12-24)21-20(27)22-18(17)14-5-7-15(8-6-14)25(28)29/h5-8,18H,3-4,9-13H2,1-2H3,(H2,21,22,27)/t18-/m1/s1. The van der Waals surface area contributed by atoms with Crippen LogP contribution in [0.25, 0.3) is 0 Å². The molecule has 3 rings (SSSR count). The Balaban J connectivity index is 1.95. The Morgan fingerprint density at radius 2 is 1.97 bits per heavy atom. The molecule has 2 aliphatic heterocycles. The maximum Gasteiger partial charge on any atom is 0.338 e. The fourth-order valence-corrected chi connectivity index (χ4v) is 3.71. The highest BCUT2D eigenvalue weighted by Crippen LogP contribution is 2.29. The smallest absolute Gasteiger partial charge is 0.338 e. The lowest BCUT2D eigenvalue weighted by molar-refractivity contribution is -0.384. The number of hydrogen-bond acceptors (Lipinski definition) is 7. The van der Waals surface area contributed by atoms with Crippen molar-refractivity contribution in [2.24, 2.45) is 0 Å². The topological polar surface area (TPSA) is 117 Å². The molecule has 2 aliphatic rings. The van der Waals surface area contributed by atoms with Crippen LogP contribution in [0.4, 0.5) is 10.5 Å². The summed E-state index contributed by atoms with van der Waals surface area (Å²) in [4.78, 5) is 40.1. The van der Waals surface area contributed by atoms with Crippen LogP contribution >= 0.6 is 0 Å². The number of nitrogens with zero attached hydrogens (tertiary/aromatic N) is 3. The van der Waals surface area contributed by atoms with E-state index in [0.29, 0.717) is 23.4 Å². The van der Waals surface area contributed by atoms with Crippen molar-refractivity contribution in [3.8, 4) is 0 Å². The molecule has 10 heteroatoms. The zero-order valence-electron chi connectivity index (χ0n) is 17.2. The molecule has 10 nitrogen and oxygen atoms in total. The van der Waals surface area contributed by atoms with Gasteiger partial charge in [0.05, 0.1) is 23.1 Å². The first-order valence-corrected chi connectivity index (χ1v) is 10.0. The first-order chi connectivity index (χ1) is 14.4. The van der Waals surface area contributed by atoms with Gasteiger partial charge in [-0.05, 0) is 51.2 Å². The summed E-state index contributed by atoms with van der Waals surface area (Å²) in [5, 5.41) is 16.5. The SMILES string of the molecule is CCOC(=O)C1=C(CN2CCCN(C)CC2)NC(=O)N[C@@H]1c1ccc([N+](=O)[O-])cc1. The molecule has 1 saturated heterocycles. The molecule has 30 heavy (non-hydrogen) atoms. The molecule has 2 amide bonds. The van der Waals surface area contributed by atoms with Gasteiger partial charge in [-0.3, -0.25) is 15.0 Å². The summed E-state index contributed by atoms with van der Waals surface area (Å²) >= 11 is 0. The van der Waals surface area contributed by atoms with Gasteiger partial charge < -0.3 is 20.3 Å². The van der Waals surface area contributed by atoms with Crippen molar-refractivity contribution in [3.05, 3.63) is 51.2 Å². The normalized spacial score (nSPS) is 20.9. The Kier molecular flexibility index (Phi) is 7.01. The Bertz CT molecular complexity index is 838. The molecule has 1 atom stereocenters. The number of carbonyl (C=O) groups excluding carboxylic acids is 2. The molecule has 1 aromatic rings. The van der Waals surface area contributed by atoms with E-state index in [4.69, 9.17) is 4.74 Å². The number of esters is 1. The zero-order valence-corrected chi connectivity index (χ0v) is 17.2. The minimum atomic E-state index is -0.747. The van der Waals surface area contributed by atoms with Crippen LogP contribution in [0.5, 0.6) is 0 Å². The first-order valence-electron chi connectivity index (χ1n) is 10.0. The molecule has 2 heterocycles. The molecule has 0 radical (unpaired) electrons. The lowest BCUT2D eigenvalue weighted by atomic mass is 9.94. The van der Waals surface area contributed by atoms with Gasteiger partial charge in [0.15, 0.2) is 0 Å². The number of non-ortho nitro benzene ring substituents is 1. The van der Waals surface area contributed by atoms with E-state index >= 15 is 0 Å². The minimum absolute atomic E-state index is 0.0606. The van der Waals surface area contributed by atoms with E-state index in [1.54, 1.807) is 19.1 Å². The average molecular weight is 417 g/mol. The van der Waals surface area contributed by atoms with E-state index in [-0.39, 0.29) is 12.3 Å². The van der Waals surface area contributed by atoms with Crippen LogP contribution in [0.3, 0.4) is 0 Å². The predicted octanol–water partition coefficient (Wildman–Crippen LogP) is 1.40. The second kappa shape index (κ2) is 9.68. The number of likely N-dealkylation sites (N-methyl/N-ethyl adjacent to an activating group) is 1. The van der Waals surface area contributed by atoms with Gasteiger partial charge in [-0.1, -0.05) is 0 Å². The highest BCUT2D eigenvalue weighted by Gasteiger charge is 2.34. The summed E-state index contributed by atoms with van der Waals surface area (Å²) in [7, 11) is 2.07. The summed E-state index contributed by atoms with van der Waals surface area (Å²) in [5.41, 5.74) is 1.34. The second-order valence-electron chi connectivity index (χ2n) is 7.43. The van der Waals surface area contributed by atoms with Crippen LogP contribution in [0, 0.1) is 10.1 Å². The van der Waals surface area contributed by atoms with Gasteiger partial charge in [-0.25, -0.2) is 9.59 Å². The monoisotopic (exact) mass is 417 g/mol. The van der Waals surface area contributed by atoms with Crippen LogP contribution in [0.2, 0.25) is 0 Å². The van der Waals surface area contributed by atoms with Gasteiger partial charge in [0.1, 0.15) is 0 Å². The highest BCUT2D eigenvalue weighted by molar-refractivity contribution is 5.95. The quantitative estimate of drug-likeness (QED) is 0.408. The largest absolute Gasteiger partial charge is 0.463 e. The van der Waals surface area contributed by atoms with Crippen molar-refractivity contribution in [1.29, 1.82) is 0 Å². The molecular formula is C20H27N5O5. The molecule has 0 spiro atoms. The van der Waals surface area contributed by atoms with Crippen molar-refractivity contribution >= 4 is 17.7 Å². The predicted molar refractivity (Wildman–Crippen MR) is 110 cm³/mol. The van der Waals surface area contributed by atoms with Crippen molar-refractivity contribution < 1.29 is 19.2 Å². The lowest BCUT2D eigenvalue weighted by Gasteiger charge is -2.31. The number of benzene rings is 1. The zero-order chi connectivity index (χ0) is 21.7. The molecule has 162 valence electrons. The number of nitrogens with one attached hydrogen (secondary N) is 2. The van der Waals surface area contributed by atoms with E-state index in [1.165, 1.54) is 12.1 Å². The second-order valence-corrected chi connectivity index (χ2v) is 7.43. The van der Waals surface area contributed by atoms with E-state index in [0.717, 1.165) is 32.6 Å². The molecule has 0 unspecified atom stereocenters. The Labute approximate surface area is 175 Å². The van der Waals surface area contributed by atoms with Crippen molar-refractivity contribution in [2.75, 3.05) is 46.4 Å². The third kappa shape index (κ3) is 5.14. The highest BCUT2D eigenvalue weighted by atomic mass is 16.6. The van der Waals surface area contributed by atoms with Crippen LogP contribution < -0.4 is 10.6 Å². The summed E-state index contributed by atoms with van der Waals surface area (Å²) in [5.74, 6) is -0.518. The van der Waals surface area contributed by atoms with E-state index < -0.39 is 23.0 Å². The van der Waals surface area contributed by atoms with Crippen LogP contribution in [-0.2, 0) is 9.53 Å². The number of nitro groups is 1. The number of nitro benzene ring substituents is 1. The maximum absolute atomic E-state index is 12.8. The van der Waals surface area contributed by atoms with Crippen molar-refractivity contribution in [3.63, 3.8) is 0 Å². The average Bonchev–Trinajstić information content (AvgIpc) is 2.92. The van der Waals surface area contributed by atoms with Gasteiger partial charge in [0, 0.05) is 37.5 Å². The maximum atomic E-state index is 12.8. The number of carbonyl (C=O) groups is 2. The molecule has 1 aromatic carbocycles. The van der Waals surface area contributed by atoms with Gasteiger partial charge in [-0.2, -0.15) is 0 Å². The summed E-state index contributed by atoms with van der Waals surface area (Å²) < 4.78 is 5.27. The number of ether oxygens (including phenoxy) is 1. The fraction of sp³-hybridized carbons (Fsp3) is 0.500. The van der Waals surface area contributed by atoms with Crippen molar-refractivity contribution in [2.45, 2.75) is 19.4 Å². The summed E-state index contributed by atoms with van der Waals surface area (Å²) in [6.45, 7) is 5.92. The molecule has 0 bridgehead atoms. The number of rotatable bonds is 6. The number of urea groups is 1. The molecule has 2 N–H and O–H groups in total. The Morgan fingerprint density at radius 3 is 2.63 bits per heavy atom. The van der Waals surface area contributed by atoms with E-state index in [2.05, 4.69) is 27.5 Å². The lowest BCUT2D eigenvalue weighted by Crippen LogP contribution is -2.48. The van der Waals surface area contributed by atoms with Gasteiger partial charge >= 0.3 is 12.0 Å². The molecule has 0 aromatic heterocycles. The molecular weight excluding hydrogens is 390 g/mol. The van der Waals surface area contributed by atoms with Gasteiger partial charge in [-0.15, -0.1) is 0 Å². The van der Waals surface area contributed by atoms with Crippen LogP contribution in [-0.4, -0.2) is 73.1 Å². The van der Waals surface area contributed by atoms with Crippen molar-refractivity contribution in [1.82, 2.24) is 20.4 Å². The van der Waals surface area contributed by atoms with Crippen LogP contribution in [0.15, 0.2) is 35.5 Å². The fourth-order valence-electron chi connectivity index (χ4n) is 3.71. The molecule has 0 aliphatic carbocycles. The third-order valence-electron chi connectivity index (χ3n) is 5.28. The third-order valence-corrected chi connectivity index (χ3v) is 5.28. The minimum Gasteiger partial charge on any atom is -0.463 e. The molecule has 0 saturated carbocycles. The Hall–Kier alpha value is -2.98. The number of amides is 2.